The first-order valence-corrected chi connectivity index (χ1v) is 10.6. The van der Waals surface area contributed by atoms with E-state index in [1.165, 1.54) is 51.4 Å². The lowest BCUT2D eigenvalue weighted by Crippen LogP contribution is -2.40. The summed E-state index contributed by atoms with van der Waals surface area (Å²) in [5.74, 6) is -2.46. The number of carbonyl (C=O) groups excluding carboxylic acids is 2. The lowest BCUT2D eigenvalue weighted by molar-refractivity contribution is -0.185. The van der Waals surface area contributed by atoms with Gasteiger partial charge >= 0.3 is 12.1 Å². The molecule has 2 aromatic carbocycles. The van der Waals surface area contributed by atoms with Gasteiger partial charge in [0.2, 0.25) is 10.0 Å². The molecule has 0 fully saturated rings. The zero-order chi connectivity index (χ0) is 23.4. The molecule has 0 heterocycles. The Morgan fingerprint density at radius 3 is 2.16 bits per heavy atom. The van der Waals surface area contributed by atoms with Gasteiger partial charge in [0.25, 0.3) is 5.91 Å². The molecular weight excluding hydrogens is 435 g/mol. The van der Waals surface area contributed by atoms with Crippen LogP contribution in [0.3, 0.4) is 0 Å². The number of hydrogen-bond donors (Lipinski definition) is 1. The molecule has 2 rings (SSSR count). The highest BCUT2D eigenvalue weighted by atomic mass is 32.2. The average Bonchev–Trinajstić information content (AvgIpc) is 2.71. The van der Waals surface area contributed by atoms with Crippen LogP contribution >= 0.6 is 0 Å². The summed E-state index contributed by atoms with van der Waals surface area (Å²) in [5, 5.41) is 2.61. The summed E-state index contributed by atoms with van der Waals surface area (Å²) in [5.41, 5.74) is 0.929. The molecule has 2 amide bonds. The number of halogens is 3. The summed E-state index contributed by atoms with van der Waals surface area (Å²) in [6, 6.07) is 11.4. The molecule has 168 valence electrons. The van der Waals surface area contributed by atoms with Gasteiger partial charge in [-0.15, -0.1) is 0 Å². The minimum Gasteiger partial charge on any atom is -0.331 e. The number of amides is 2. The maximum Gasteiger partial charge on any atom is 0.471 e. The van der Waals surface area contributed by atoms with Crippen molar-refractivity contribution in [3.05, 3.63) is 59.7 Å². The summed E-state index contributed by atoms with van der Waals surface area (Å²) in [7, 11) is -0.839. The minimum absolute atomic E-state index is 0.0324. The number of anilines is 1. The third-order valence-corrected chi connectivity index (χ3v) is 6.19. The Hall–Kier alpha value is -2.92. The fraction of sp³-hybridized carbons (Fsp3) is 0.300. The summed E-state index contributed by atoms with van der Waals surface area (Å²) >= 11 is 0. The van der Waals surface area contributed by atoms with Crippen molar-refractivity contribution in [3.63, 3.8) is 0 Å². The Balaban J connectivity index is 2.14. The Labute approximate surface area is 178 Å². The van der Waals surface area contributed by atoms with E-state index in [2.05, 4.69) is 5.32 Å². The van der Waals surface area contributed by atoms with Crippen molar-refractivity contribution < 1.29 is 31.2 Å². The molecule has 0 saturated heterocycles. The number of nitrogens with one attached hydrogen (secondary N) is 1. The summed E-state index contributed by atoms with van der Waals surface area (Å²) in [4.78, 5) is 24.6. The van der Waals surface area contributed by atoms with Gasteiger partial charge in [-0.25, -0.2) is 12.7 Å². The standard InChI is InChI=1S/C20H22F3N3O4S/c1-4-26(19(28)20(21,22)23)13-14-6-5-7-16(12-14)24-18(27)15-8-10-17(11-9-15)31(29,30)25(2)3/h5-12H,4,13H2,1-3H3,(H,24,27). The van der Waals surface area contributed by atoms with Gasteiger partial charge in [-0.05, 0) is 48.9 Å². The zero-order valence-electron chi connectivity index (χ0n) is 17.1. The number of nitrogens with zero attached hydrogens (tertiary/aromatic N) is 2. The van der Waals surface area contributed by atoms with Crippen LogP contribution < -0.4 is 5.32 Å². The first-order valence-electron chi connectivity index (χ1n) is 9.15. The predicted octanol–water partition coefficient (Wildman–Crippen LogP) is 3.10. The van der Waals surface area contributed by atoms with Gasteiger partial charge in [0.05, 0.1) is 4.90 Å². The van der Waals surface area contributed by atoms with Crippen LogP contribution in [0.25, 0.3) is 0 Å². The van der Waals surface area contributed by atoms with E-state index in [0.29, 0.717) is 16.2 Å². The molecular formula is C20H22F3N3O4S. The fourth-order valence-electron chi connectivity index (χ4n) is 2.67. The maximum absolute atomic E-state index is 12.7. The Morgan fingerprint density at radius 1 is 1.03 bits per heavy atom. The monoisotopic (exact) mass is 457 g/mol. The van der Waals surface area contributed by atoms with Crippen LogP contribution in [0.1, 0.15) is 22.8 Å². The van der Waals surface area contributed by atoms with Crippen molar-refractivity contribution in [2.24, 2.45) is 0 Å². The van der Waals surface area contributed by atoms with Crippen LogP contribution in [0.5, 0.6) is 0 Å². The third kappa shape index (κ3) is 6.05. The molecule has 2 aromatic rings. The summed E-state index contributed by atoms with van der Waals surface area (Å²) in [6.07, 6.45) is -4.96. The quantitative estimate of drug-likeness (QED) is 0.692. The van der Waals surface area contributed by atoms with Crippen LogP contribution in [0.4, 0.5) is 18.9 Å². The van der Waals surface area contributed by atoms with Crippen LogP contribution in [0.2, 0.25) is 0 Å². The second-order valence-corrected chi connectivity index (χ2v) is 8.94. The number of hydrogen-bond acceptors (Lipinski definition) is 4. The number of alkyl halides is 3. The molecule has 0 saturated carbocycles. The van der Waals surface area contributed by atoms with Crippen LogP contribution in [0.15, 0.2) is 53.4 Å². The molecule has 0 atom stereocenters. The van der Waals surface area contributed by atoms with Crippen LogP contribution in [-0.4, -0.2) is 56.3 Å². The maximum atomic E-state index is 12.7. The zero-order valence-corrected chi connectivity index (χ0v) is 17.9. The van der Waals surface area contributed by atoms with E-state index in [4.69, 9.17) is 0 Å². The second kappa shape index (κ2) is 9.48. The van der Waals surface area contributed by atoms with E-state index in [0.717, 1.165) is 4.31 Å². The second-order valence-electron chi connectivity index (χ2n) is 6.78. The largest absolute Gasteiger partial charge is 0.471 e. The number of carbonyl (C=O) groups is 2. The molecule has 11 heteroatoms. The highest BCUT2D eigenvalue weighted by molar-refractivity contribution is 7.89. The molecule has 0 radical (unpaired) electrons. The number of rotatable bonds is 7. The van der Waals surface area contributed by atoms with Gasteiger partial charge in [0.15, 0.2) is 0 Å². The molecule has 7 nitrogen and oxygen atoms in total. The van der Waals surface area contributed by atoms with E-state index in [1.54, 1.807) is 18.2 Å². The molecule has 0 aliphatic carbocycles. The van der Waals surface area contributed by atoms with Crippen molar-refractivity contribution >= 4 is 27.5 Å². The van der Waals surface area contributed by atoms with E-state index < -0.39 is 28.0 Å². The molecule has 0 bridgehead atoms. The molecule has 0 unspecified atom stereocenters. The van der Waals surface area contributed by atoms with Gasteiger partial charge in [-0.3, -0.25) is 9.59 Å². The van der Waals surface area contributed by atoms with E-state index in [-0.39, 0.29) is 23.5 Å². The number of benzene rings is 2. The van der Waals surface area contributed by atoms with Crippen molar-refractivity contribution in [2.75, 3.05) is 26.0 Å². The Kier molecular flexibility index (Phi) is 7.45. The SMILES string of the molecule is CCN(Cc1cccc(NC(=O)c2ccc(S(=O)(=O)N(C)C)cc2)c1)C(=O)C(F)(F)F. The number of sulfonamides is 1. The third-order valence-electron chi connectivity index (χ3n) is 4.36. The normalized spacial score (nSPS) is 12.0. The molecule has 0 aliphatic rings. The topological polar surface area (TPSA) is 86.8 Å². The Morgan fingerprint density at radius 2 is 1.65 bits per heavy atom. The van der Waals surface area contributed by atoms with Crippen LogP contribution in [0, 0.1) is 0 Å². The fourth-order valence-corrected chi connectivity index (χ4v) is 3.57. The molecule has 0 aliphatic heterocycles. The predicted molar refractivity (Wildman–Crippen MR) is 109 cm³/mol. The first-order chi connectivity index (χ1) is 14.4. The lowest BCUT2D eigenvalue weighted by atomic mass is 10.1. The first kappa shape index (κ1) is 24.4. The van der Waals surface area contributed by atoms with Crippen molar-refractivity contribution in [2.45, 2.75) is 24.5 Å². The molecule has 1 N–H and O–H groups in total. The highest BCUT2D eigenvalue weighted by Gasteiger charge is 2.41. The lowest BCUT2D eigenvalue weighted by Gasteiger charge is -2.22. The van der Waals surface area contributed by atoms with Crippen molar-refractivity contribution in [1.29, 1.82) is 0 Å². The van der Waals surface area contributed by atoms with E-state index in [9.17, 15) is 31.2 Å². The van der Waals surface area contributed by atoms with Gasteiger partial charge in [-0.1, -0.05) is 12.1 Å². The summed E-state index contributed by atoms with van der Waals surface area (Å²) in [6.45, 7) is 1.04. The molecule has 0 aromatic heterocycles. The highest BCUT2D eigenvalue weighted by Crippen LogP contribution is 2.21. The van der Waals surface area contributed by atoms with Gasteiger partial charge in [0, 0.05) is 38.4 Å². The Bertz CT molecular complexity index is 1050. The van der Waals surface area contributed by atoms with E-state index >= 15 is 0 Å². The van der Waals surface area contributed by atoms with Crippen molar-refractivity contribution in [1.82, 2.24) is 9.21 Å². The smallest absolute Gasteiger partial charge is 0.331 e. The van der Waals surface area contributed by atoms with E-state index in [1.807, 2.05) is 0 Å². The minimum atomic E-state index is -4.96. The van der Waals surface area contributed by atoms with Crippen LogP contribution in [-0.2, 0) is 21.4 Å². The average molecular weight is 457 g/mol. The molecule has 0 spiro atoms. The van der Waals surface area contributed by atoms with Crippen molar-refractivity contribution in [3.8, 4) is 0 Å². The van der Waals surface area contributed by atoms with Gasteiger partial charge in [-0.2, -0.15) is 13.2 Å². The molecule has 31 heavy (non-hydrogen) atoms. The van der Waals surface area contributed by atoms with Gasteiger partial charge in [0.1, 0.15) is 0 Å². The van der Waals surface area contributed by atoms with Gasteiger partial charge < -0.3 is 10.2 Å². The summed E-state index contributed by atoms with van der Waals surface area (Å²) < 4.78 is 63.3.